The van der Waals surface area contributed by atoms with E-state index in [0.717, 1.165) is 25.7 Å². The van der Waals surface area contributed by atoms with E-state index >= 15 is 0 Å². The molecule has 0 aliphatic heterocycles. The standard InChI is InChI=1S/C20H33ClN2/c1-3-5-7-9-10-11-13-15-18-22-23-19-17-20(21)16-14-12-8-6-4-2/h20H,3-14,16H2,1-2H3. The zero-order valence-corrected chi connectivity index (χ0v) is 15.8. The number of rotatable bonds is 12. The van der Waals surface area contributed by atoms with Crippen molar-refractivity contribution in [3.8, 4) is 23.9 Å². The van der Waals surface area contributed by atoms with Crippen LogP contribution in [0.15, 0.2) is 10.2 Å². The van der Waals surface area contributed by atoms with Gasteiger partial charge < -0.3 is 0 Å². The minimum Gasteiger partial charge on any atom is -0.109 e. The Morgan fingerprint density at radius 2 is 1.30 bits per heavy atom. The number of nitrogens with zero attached hydrogens (tertiary/aromatic N) is 2. The second-order valence-corrected chi connectivity index (χ2v) is 6.46. The van der Waals surface area contributed by atoms with Crippen molar-refractivity contribution in [3.63, 3.8) is 0 Å². The van der Waals surface area contributed by atoms with Gasteiger partial charge in [0.1, 0.15) is 0 Å². The molecule has 2 nitrogen and oxygen atoms in total. The molecule has 0 aromatic carbocycles. The number of unbranched alkanes of at least 4 members (excludes halogenated alkanes) is 10. The Bertz CT molecular complexity index is 395. The van der Waals surface area contributed by atoms with Crippen LogP contribution in [-0.4, -0.2) is 5.38 Å². The van der Waals surface area contributed by atoms with Crippen LogP contribution in [0, 0.1) is 23.9 Å². The molecule has 0 saturated carbocycles. The van der Waals surface area contributed by atoms with Crippen LogP contribution in [0.2, 0.25) is 0 Å². The quantitative estimate of drug-likeness (QED) is 0.157. The summed E-state index contributed by atoms with van der Waals surface area (Å²) in [6.07, 6.45) is 15.8. The summed E-state index contributed by atoms with van der Waals surface area (Å²) in [6, 6.07) is 5.33. The highest BCUT2D eigenvalue weighted by Gasteiger charge is 1.98. The van der Waals surface area contributed by atoms with Gasteiger partial charge in [-0.3, -0.25) is 0 Å². The van der Waals surface area contributed by atoms with Gasteiger partial charge in [-0.05, 0) is 12.8 Å². The Balaban J connectivity index is 3.56. The number of azo groups is 1. The smallest absolute Gasteiger partial charge is 0.0962 e. The molecule has 0 aliphatic carbocycles. The summed E-state index contributed by atoms with van der Waals surface area (Å²) in [6.45, 7) is 4.46. The van der Waals surface area contributed by atoms with E-state index in [9.17, 15) is 0 Å². The molecule has 0 amide bonds. The third kappa shape index (κ3) is 19.0. The van der Waals surface area contributed by atoms with Crippen molar-refractivity contribution in [2.24, 2.45) is 10.2 Å². The molecule has 0 aliphatic rings. The van der Waals surface area contributed by atoms with Crippen LogP contribution in [0.5, 0.6) is 0 Å². The van der Waals surface area contributed by atoms with Gasteiger partial charge in [0.15, 0.2) is 0 Å². The Kier molecular flexibility index (Phi) is 18.2. The van der Waals surface area contributed by atoms with Gasteiger partial charge in [-0.25, -0.2) is 0 Å². The van der Waals surface area contributed by atoms with E-state index in [2.05, 4.69) is 48.0 Å². The first-order valence-electron chi connectivity index (χ1n) is 9.33. The first kappa shape index (κ1) is 22.0. The molecular weight excluding hydrogens is 304 g/mol. The van der Waals surface area contributed by atoms with Crippen molar-refractivity contribution in [2.75, 3.05) is 0 Å². The Hall–Kier alpha value is -0.990. The van der Waals surface area contributed by atoms with Crippen molar-refractivity contribution in [2.45, 2.75) is 103 Å². The molecule has 0 rings (SSSR count). The Morgan fingerprint density at radius 1 is 0.739 bits per heavy atom. The van der Waals surface area contributed by atoms with Crippen molar-refractivity contribution >= 4 is 11.6 Å². The van der Waals surface area contributed by atoms with E-state index in [-0.39, 0.29) is 5.38 Å². The third-order valence-electron chi connectivity index (χ3n) is 3.67. The van der Waals surface area contributed by atoms with Crippen molar-refractivity contribution in [1.29, 1.82) is 0 Å². The van der Waals surface area contributed by atoms with Crippen LogP contribution in [0.25, 0.3) is 0 Å². The first-order chi connectivity index (χ1) is 11.3. The van der Waals surface area contributed by atoms with Crippen LogP contribution in [0.3, 0.4) is 0 Å². The summed E-state index contributed by atoms with van der Waals surface area (Å²) in [4.78, 5) is 0. The minimum absolute atomic E-state index is 0.119. The summed E-state index contributed by atoms with van der Waals surface area (Å²) >= 11 is 6.12. The van der Waals surface area contributed by atoms with Crippen molar-refractivity contribution < 1.29 is 0 Å². The average Bonchev–Trinajstić information content (AvgIpc) is 2.55. The predicted molar refractivity (Wildman–Crippen MR) is 101 cm³/mol. The topological polar surface area (TPSA) is 24.7 Å². The third-order valence-corrected chi connectivity index (χ3v) is 3.99. The lowest BCUT2D eigenvalue weighted by Gasteiger charge is -2.00. The minimum atomic E-state index is -0.119. The van der Waals surface area contributed by atoms with Gasteiger partial charge in [0, 0.05) is 6.42 Å². The molecule has 130 valence electrons. The number of halogens is 1. The van der Waals surface area contributed by atoms with Gasteiger partial charge >= 0.3 is 0 Å². The highest BCUT2D eigenvalue weighted by atomic mass is 35.5. The molecule has 0 aromatic rings. The molecule has 0 N–H and O–H groups in total. The largest absolute Gasteiger partial charge is 0.109 e. The van der Waals surface area contributed by atoms with E-state index in [1.54, 1.807) is 0 Å². The van der Waals surface area contributed by atoms with Gasteiger partial charge in [0.2, 0.25) is 0 Å². The molecule has 0 heterocycles. The second-order valence-electron chi connectivity index (χ2n) is 5.93. The Morgan fingerprint density at radius 3 is 2.00 bits per heavy atom. The highest BCUT2D eigenvalue weighted by molar-refractivity contribution is 6.22. The van der Waals surface area contributed by atoms with Gasteiger partial charge in [0.05, 0.1) is 17.5 Å². The first-order valence-corrected chi connectivity index (χ1v) is 9.77. The molecule has 23 heavy (non-hydrogen) atoms. The maximum absolute atomic E-state index is 6.12. The summed E-state index contributed by atoms with van der Waals surface area (Å²) in [7, 11) is 0. The molecular formula is C20H33ClN2. The van der Waals surface area contributed by atoms with Crippen LogP contribution < -0.4 is 0 Å². The fourth-order valence-electron chi connectivity index (χ4n) is 2.23. The van der Waals surface area contributed by atoms with Gasteiger partial charge in [-0.2, -0.15) is 0 Å². The van der Waals surface area contributed by atoms with Crippen molar-refractivity contribution in [3.05, 3.63) is 0 Å². The van der Waals surface area contributed by atoms with Crippen LogP contribution in [-0.2, 0) is 0 Å². The Labute approximate surface area is 148 Å². The summed E-state index contributed by atoms with van der Waals surface area (Å²) in [5.74, 6) is 5.90. The molecule has 3 heteroatoms. The van der Waals surface area contributed by atoms with E-state index in [0.29, 0.717) is 0 Å². The number of hydrogen-bond acceptors (Lipinski definition) is 2. The summed E-state index contributed by atoms with van der Waals surface area (Å²) in [5.41, 5.74) is 0. The van der Waals surface area contributed by atoms with E-state index in [1.165, 1.54) is 57.8 Å². The number of alkyl halides is 1. The SMILES string of the molecule is CCCCCCCCC#CN=NC#CC(Cl)CCCCCCC. The molecule has 0 saturated heterocycles. The van der Waals surface area contributed by atoms with Crippen LogP contribution in [0.4, 0.5) is 0 Å². The fraction of sp³-hybridized carbons (Fsp3) is 0.800. The lowest BCUT2D eigenvalue weighted by Crippen LogP contribution is -1.93. The van der Waals surface area contributed by atoms with Gasteiger partial charge in [-0.15, -0.1) is 11.6 Å². The monoisotopic (exact) mass is 336 g/mol. The summed E-state index contributed by atoms with van der Waals surface area (Å²) < 4.78 is 0. The zero-order valence-electron chi connectivity index (χ0n) is 15.0. The van der Waals surface area contributed by atoms with Gasteiger partial charge in [-0.1, -0.05) is 100 Å². The molecule has 0 radical (unpaired) electrons. The number of hydrogen-bond donors (Lipinski definition) is 0. The fourth-order valence-corrected chi connectivity index (χ4v) is 2.44. The van der Waals surface area contributed by atoms with E-state index < -0.39 is 0 Å². The van der Waals surface area contributed by atoms with E-state index in [4.69, 9.17) is 11.6 Å². The molecule has 1 unspecified atom stereocenters. The van der Waals surface area contributed by atoms with E-state index in [1.807, 2.05) is 0 Å². The summed E-state index contributed by atoms with van der Waals surface area (Å²) in [5, 5.41) is 7.36. The molecule has 0 spiro atoms. The molecule has 1 atom stereocenters. The average molecular weight is 337 g/mol. The molecule has 0 fully saturated rings. The normalized spacial score (nSPS) is 11.6. The maximum Gasteiger partial charge on any atom is 0.0962 e. The van der Waals surface area contributed by atoms with Crippen LogP contribution >= 0.6 is 11.6 Å². The van der Waals surface area contributed by atoms with Gasteiger partial charge in [0.25, 0.3) is 0 Å². The maximum atomic E-state index is 6.12. The lowest BCUT2D eigenvalue weighted by atomic mass is 10.1. The highest BCUT2D eigenvalue weighted by Crippen LogP contribution is 2.10. The zero-order chi connectivity index (χ0) is 17.0. The van der Waals surface area contributed by atoms with Crippen LogP contribution in [0.1, 0.15) is 97.3 Å². The lowest BCUT2D eigenvalue weighted by molar-refractivity contribution is 0.614. The molecule has 0 bridgehead atoms. The predicted octanol–water partition coefficient (Wildman–Crippen LogP) is 7.08. The van der Waals surface area contributed by atoms with Crippen molar-refractivity contribution in [1.82, 2.24) is 0 Å². The molecule has 0 aromatic heterocycles. The second kappa shape index (κ2) is 19.1.